The third-order valence-corrected chi connectivity index (χ3v) is 5.85. The first kappa shape index (κ1) is 18.7. The van der Waals surface area contributed by atoms with Crippen LogP contribution in [0.1, 0.15) is 48.1 Å². The highest BCUT2D eigenvalue weighted by Crippen LogP contribution is 2.39. The Morgan fingerprint density at radius 3 is 2.25 bits per heavy atom. The summed E-state index contributed by atoms with van der Waals surface area (Å²) in [6.07, 6.45) is 2.19. The van der Waals surface area contributed by atoms with Gasteiger partial charge in [0.25, 0.3) is 5.91 Å². The molecule has 0 bridgehead atoms. The third-order valence-electron chi connectivity index (χ3n) is 5.85. The van der Waals surface area contributed by atoms with E-state index in [-0.39, 0.29) is 17.7 Å². The zero-order chi connectivity index (χ0) is 19.7. The van der Waals surface area contributed by atoms with Gasteiger partial charge in [0.05, 0.1) is 17.7 Å². The first-order valence-electron chi connectivity index (χ1n) is 9.91. The number of amides is 2. The number of hydrogen-bond acceptors (Lipinski definition) is 3. The van der Waals surface area contributed by atoms with Crippen LogP contribution in [0.5, 0.6) is 0 Å². The van der Waals surface area contributed by atoms with E-state index < -0.39 is 17.7 Å². The molecule has 146 valence electrons. The number of hydrogen-bond donors (Lipinski definition) is 2. The zero-order valence-corrected chi connectivity index (χ0v) is 16.0. The highest BCUT2D eigenvalue weighted by atomic mass is 16.3. The summed E-state index contributed by atoms with van der Waals surface area (Å²) in [6, 6.07) is 17.8. The molecule has 5 nitrogen and oxygen atoms in total. The smallest absolute Gasteiger partial charge is 0.254 e. The first-order valence-corrected chi connectivity index (χ1v) is 9.91. The van der Waals surface area contributed by atoms with Crippen molar-refractivity contribution in [3.8, 4) is 0 Å². The van der Waals surface area contributed by atoms with Crippen molar-refractivity contribution >= 4 is 11.8 Å². The van der Waals surface area contributed by atoms with Gasteiger partial charge in [0.1, 0.15) is 0 Å². The van der Waals surface area contributed by atoms with Crippen LogP contribution in [0, 0.1) is 5.92 Å². The van der Waals surface area contributed by atoms with Crippen molar-refractivity contribution in [2.24, 2.45) is 5.92 Å². The van der Waals surface area contributed by atoms with Crippen molar-refractivity contribution in [1.29, 1.82) is 0 Å². The summed E-state index contributed by atoms with van der Waals surface area (Å²) in [7, 11) is 0. The van der Waals surface area contributed by atoms with Crippen molar-refractivity contribution in [2.75, 3.05) is 6.54 Å². The van der Waals surface area contributed by atoms with E-state index in [4.69, 9.17) is 0 Å². The molecule has 1 saturated carbocycles. The van der Waals surface area contributed by atoms with Gasteiger partial charge in [-0.1, -0.05) is 48.5 Å². The van der Waals surface area contributed by atoms with E-state index in [9.17, 15) is 14.7 Å². The average Bonchev–Trinajstić information content (AvgIpc) is 3.55. The topological polar surface area (TPSA) is 69.6 Å². The molecular weight excluding hydrogens is 352 g/mol. The van der Waals surface area contributed by atoms with E-state index in [1.165, 1.54) is 0 Å². The van der Waals surface area contributed by atoms with Crippen LogP contribution in [0.15, 0.2) is 60.7 Å². The van der Waals surface area contributed by atoms with Crippen LogP contribution in [-0.4, -0.2) is 40.0 Å². The Kier molecular flexibility index (Phi) is 4.94. The minimum absolute atomic E-state index is 0.0276. The molecule has 1 aliphatic heterocycles. The van der Waals surface area contributed by atoms with Crippen molar-refractivity contribution in [2.45, 2.75) is 43.9 Å². The maximum atomic E-state index is 13.3. The molecule has 0 unspecified atom stereocenters. The number of piperidine rings is 1. The van der Waals surface area contributed by atoms with Gasteiger partial charge in [-0.25, -0.2) is 0 Å². The molecular formula is C23H26N2O3. The molecule has 2 fully saturated rings. The van der Waals surface area contributed by atoms with E-state index in [2.05, 4.69) is 5.32 Å². The van der Waals surface area contributed by atoms with Crippen LogP contribution >= 0.6 is 0 Å². The predicted molar refractivity (Wildman–Crippen MR) is 107 cm³/mol. The molecule has 1 heterocycles. The SMILES string of the molecule is C[C@@]1(O)CCN(C(=O)c2ccccc2)[C@@H](c2ccccc2)[C@@H]1NC(=O)C1CC1. The molecule has 5 heteroatoms. The number of carbonyl (C=O) groups excluding carboxylic acids is 2. The summed E-state index contributed by atoms with van der Waals surface area (Å²) in [6.45, 7) is 2.18. The summed E-state index contributed by atoms with van der Waals surface area (Å²) in [4.78, 5) is 27.7. The van der Waals surface area contributed by atoms with Crippen LogP contribution in [0.2, 0.25) is 0 Å². The van der Waals surface area contributed by atoms with Crippen LogP contribution in [0.4, 0.5) is 0 Å². The van der Waals surface area contributed by atoms with Gasteiger partial charge in [-0.15, -0.1) is 0 Å². The molecule has 1 saturated heterocycles. The summed E-state index contributed by atoms with van der Waals surface area (Å²) in [5.74, 6) is -0.0803. The molecule has 0 aromatic heterocycles. The fourth-order valence-corrected chi connectivity index (χ4v) is 4.01. The molecule has 28 heavy (non-hydrogen) atoms. The second kappa shape index (κ2) is 7.40. The Balaban J connectivity index is 1.72. The van der Waals surface area contributed by atoms with Gasteiger partial charge >= 0.3 is 0 Å². The van der Waals surface area contributed by atoms with Crippen LogP contribution < -0.4 is 5.32 Å². The normalized spacial score (nSPS) is 27.3. The molecule has 2 N–H and O–H groups in total. The lowest BCUT2D eigenvalue weighted by molar-refractivity contribution is -0.128. The Hall–Kier alpha value is -2.66. The van der Waals surface area contributed by atoms with Gasteiger partial charge in [-0.05, 0) is 43.9 Å². The number of carbonyl (C=O) groups is 2. The van der Waals surface area contributed by atoms with Crippen LogP contribution in [0.25, 0.3) is 0 Å². The van der Waals surface area contributed by atoms with Gasteiger partial charge in [0, 0.05) is 18.0 Å². The van der Waals surface area contributed by atoms with E-state index in [0.717, 1.165) is 18.4 Å². The number of likely N-dealkylation sites (tertiary alicyclic amines) is 1. The number of nitrogens with one attached hydrogen (secondary N) is 1. The highest BCUT2D eigenvalue weighted by Gasteiger charge is 2.48. The lowest BCUT2D eigenvalue weighted by Crippen LogP contribution is -2.63. The molecule has 2 amide bonds. The van der Waals surface area contributed by atoms with Crippen molar-refractivity contribution < 1.29 is 14.7 Å². The van der Waals surface area contributed by atoms with Gasteiger partial charge < -0.3 is 15.3 Å². The lowest BCUT2D eigenvalue weighted by Gasteiger charge is -2.49. The highest BCUT2D eigenvalue weighted by molar-refractivity contribution is 5.94. The molecule has 0 radical (unpaired) electrons. The largest absolute Gasteiger partial charge is 0.388 e. The number of nitrogens with zero attached hydrogens (tertiary/aromatic N) is 1. The fourth-order valence-electron chi connectivity index (χ4n) is 4.01. The molecule has 4 rings (SSSR count). The first-order chi connectivity index (χ1) is 13.5. The summed E-state index contributed by atoms with van der Waals surface area (Å²) < 4.78 is 0. The van der Waals surface area contributed by atoms with Gasteiger partial charge in [-0.2, -0.15) is 0 Å². The zero-order valence-electron chi connectivity index (χ0n) is 16.0. The van der Waals surface area contributed by atoms with E-state index in [1.54, 1.807) is 24.0 Å². The standard InChI is InChI=1S/C23H26N2O3/c1-23(28)14-15-25(22(27)18-10-6-3-7-11-18)19(16-8-4-2-5-9-16)20(23)24-21(26)17-12-13-17/h2-11,17,19-20,28H,12-15H2,1H3,(H,24,26)/t19-,20-,23+/m0/s1. The fraction of sp³-hybridized carbons (Fsp3) is 0.391. The second-order valence-electron chi connectivity index (χ2n) is 8.09. The Morgan fingerprint density at radius 2 is 1.64 bits per heavy atom. The number of rotatable bonds is 4. The molecule has 3 atom stereocenters. The minimum atomic E-state index is -1.10. The quantitative estimate of drug-likeness (QED) is 0.859. The third kappa shape index (κ3) is 3.67. The summed E-state index contributed by atoms with van der Waals surface area (Å²) in [5, 5.41) is 14.2. The van der Waals surface area contributed by atoms with Crippen LogP contribution in [0.3, 0.4) is 0 Å². The Bertz CT molecular complexity index is 847. The van der Waals surface area contributed by atoms with Crippen molar-refractivity contribution in [1.82, 2.24) is 10.2 Å². The Labute approximate surface area is 165 Å². The number of benzene rings is 2. The predicted octanol–water partition coefficient (Wildman–Crippen LogP) is 2.92. The maximum absolute atomic E-state index is 13.3. The van der Waals surface area contributed by atoms with E-state index in [1.807, 2.05) is 48.5 Å². The van der Waals surface area contributed by atoms with Gasteiger partial charge in [-0.3, -0.25) is 9.59 Å². The molecule has 2 aliphatic rings. The minimum Gasteiger partial charge on any atom is -0.388 e. The van der Waals surface area contributed by atoms with Gasteiger partial charge in [0.15, 0.2) is 0 Å². The average molecular weight is 378 g/mol. The van der Waals surface area contributed by atoms with Crippen molar-refractivity contribution in [3.63, 3.8) is 0 Å². The van der Waals surface area contributed by atoms with Crippen LogP contribution in [-0.2, 0) is 4.79 Å². The van der Waals surface area contributed by atoms with E-state index in [0.29, 0.717) is 18.5 Å². The molecule has 1 aliphatic carbocycles. The monoisotopic (exact) mass is 378 g/mol. The molecule has 2 aromatic rings. The summed E-state index contributed by atoms with van der Waals surface area (Å²) >= 11 is 0. The van der Waals surface area contributed by atoms with Gasteiger partial charge in [0.2, 0.25) is 5.91 Å². The molecule has 2 aromatic carbocycles. The lowest BCUT2D eigenvalue weighted by atomic mass is 9.79. The number of aliphatic hydroxyl groups is 1. The summed E-state index contributed by atoms with van der Waals surface area (Å²) in [5.41, 5.74) is 0.420. The van der Waals surface area contributed by atoms with Crippen molar-refractivity contribution in [3.05, 3.63) is 71.8 Å². The Morgan fingerprint density at radius 1 is 1.04 bits per heavy atom. The maximum Gasteiger partial charge on any atom is 0.254 e. The second-order valence-corrected chi connectivity index (χ2v) is 8.09. The molecule has 0 spiro atoms. The van der Waals surface area contributed by atoms with E-state index >= 15 is 0 Å².